The zero-order chi connectivity index (χ0) is 11.4. The lowest BCUT2D eigenvalue weighted by atomic mass is 10.1. The minimum Gasteiger partial charge on any atom is -0.505 e. The lowest BCUT2D eigenvalue weighted by Gasteiger charge is -2.14. The molecule has 0 radical (unpaired) electrons. The highest BCUT2D eigenvalue weighted by Crippen LogP contribution is 2.42. The van der Waals surface area contributed by atoms with E-state index in [4.69, 9.17) is 4.74 Å². The number of phenolic OH excluding ortho intramolecular Hbond substituents is 1. The van der Waals surface area contributed by atoms with Gasteiger partial charge in [0.15, 0.2) is 0 Å². The number of halogens is 2. The SMILES string of the molecule is CCCc1cc(Br)c(O)c(Br)c1OCC. The standard InChI is InChI=1S/C11H14Br2O2/c1-3-5-7-6-8(12)10(14)9(13)11(7)15-4-2/h6,14H,3-5H2,1-2H3. The molecule has 0 amide bonds. The van der Waals surface area contributed by atoms with Crippen LogP contribution in [0.15, 0.2) is 15.0 Å². The summed E-state index contributed by atoms with van der Waals surface area (Å²) < 4.78 is 6.85. The third kappa shape index (κ3) is 2.88. The largest absolute Gasteiger partial charge is 0.505 e. The minimum absolute atomic E-state index is 0.193. The summed E-state index contributed by atoms with van der Waals surface area (Å²) in [6.07, 6.45) is 1.98. The highest BCUT2D eigenvalue weighted by Gasteiger charge is 2.15. The van der Waals surface area contributed by atoms with Crippen LogP contribution in [-0.4, -0.2) is 11.7 Å². The molecule has 0 heterocycles. The van der Waals surface area contributed by atoms with Crippen LogP contribution >= 0.6 is 31.9 Å². The zero-order valence-corrected chi connectivity index (χ0v) is 12.0. The Balaban J connectivity index is 3.23. The van der Waals surface area contributed by atoms with Crippen LogP contribution in [0.1, 0.15) is 25.8 Å². The monoisotopic (exact) mass is 336 g/mol. The van der Waals surface area contributed by atoms with Crippen molar-refractivity contribution in [1.29, 1.82) is 0 Å². The first-order chi connectivity index (χ1) is 7.11. The van der Waals surface area contributed by atoms with E-state index in [-0.39, 0.29) is 5.75 Å². The predicted molar refractivity (Wildman–Crippen MR) is 68.7 cm³/mol. The summed E-state index contributed by atoms with van der Waals surface area (Å²) in [7, 11) is 0. The first kappa shape index (κ1) is 12.8. The Hall–Kier alpha value is -0.220. The minimum atomic E-state index is 0.193. The molecular formula is C11H14Br2O2. The molecule has 2 nitrogen and oxygen atoms in total. The molecule has 1 aromatic rings. The molecule has 0 bridgehead atoms. The summed E-state index contributed by atoms with van der Waals surface area (Å²) in [5.41, 5.74) is 1.11. The number of aromatic hydroxyl groups is 1. The van der Waals surface area contributed by atoms with Crippen LogP contribution in [0, 0.1) is 0 Å². The van der Waals surface area contributed by atoms with E-state index in [0.29, 0.717) is 15.6 Å². The normalized spacial score (nSPS) is 10.4. The van der Waals surface area contributed by atoms with Gasteiger partial charge >= 0.3 is 0 Å². The van der Waals surface area contributed by atoms with Crippen molar-refractivity contribution in [2.45, 2.75) is 26.7 Å². The molecule has 0 saturated carbocycles. The van der Waals surface area contributed by atoms with Gasteiger partial charge in [-0.3, -0.25) is 0 Å². The van der Waals surface area contributed by atoms with Crippen molar-refractivity contribution >= 4 is 31.9 Å². The van der Waals surface area contributed by atoms with Crippen molar-refractivity contribution in [2.24, 2.45) is 0 Å². The quantitative estimate of drug-likeness (QED) is 0.889. The average molecular weight is 338 g/mol. The van der Waals surface area contributed by atoms with Crippen molar-refractivity contribution < 1.29 is 9.84 Å². The fraction of sp³-hybridized carbons (Fsp3) is 0.455. The van der Waals surface area contributed by atoms with Gasteiger partial charge < -0.3 is 9.84 Å². The molecule has 1 rings (SSSR count). The Morgan fingerprint density at radius 1 is 1.33 bits per heavy atom. The second-order valence-corrected chi connectivity index (χ2v) is 4.84. The second-order valence-electron chi connectivity index (χ2n) is 3.19. The van der Waals surface area contributed by atoms with E-state index in [0.717, 1.165) is 24.2 Å². The molecule has 0 aliphatic heterocycles. The van der Waals surface area contributed by atoms with E-state index in [1.54, 1.807) is 0 Å². The molecule has 0 saturated heterocycles. The molecule has 0 atom stereocenters. The molecule has 1 N–H and O–H groups in total. The zero-order valence-electron chi connectivity index (χ0n) is 8.81. The van der Waals surface area contributed by atoms with Crippen LogP contribution in [-0.2, 0) is 6.42 Å². The fourth-order valence-electron chi connectivity index (χ4n) is 1.40. The average Bonchev–Trinajstić information content (AvgIpc) is 2.21. The number of hydrogen-bond acceptors (Lipinski definition) is 2. The smallest absolute Gasteiger partial charge is 0.147 e. The highest BCUT2D eigenvalue weighted by atomic mass is 79.9. The van der Waals surface area contributed by atoms with E-state index in [1.807, 2.05) is 13.0 Å². The summed E-state index contributed by atoms with van der Waals surface area (Å²) >= 11 is 6.66. The van der Waals surface area contributed by atoms with Gasteiger partial charge in [0.25, 0.3) is 0 Å². The van der Waals surface area contributed by atoms with Crippen LogP contribution < -0.4 is 4.74 Å². The van der Waals surface area contributed by atoms with Crippen LogP contribution in [0.25, 0.3) is 0 Å². The summed E-state index contributed by atoms with van der Waals surface area (Å²) in [5, 5.41) is 9.73. The number of phenols is 1. The lowest BCUT2D eigenvalue weighted by Crippen LogP contribution is -1.98. The highest BCUT2D eigenvalue weighted by molar-refractivity contribution is 9.11. The van der Waals surface area contributed by atoms with Gasteiger partial charge in [-0.2, -0.15) is 0 Å². The number of aryl methyl sites for hydroxylation is 1. The summed E-state index contributed by atoms with van der Waals surface area (Å²) in [6.45, 7) is 4.64. The van der Waals surface area contributed by atoms with Gasteiger partial charge in [0.2, 0.25) is 0 Å². The number of ether oxygens (including phenoxy) is 1. The molecular weight excluding hydrogens is 324 g/mol. The molecule has 0 aliphatic rings. The van der Waals surface area contributed by atoms with Crippen molar-refractivity contribution in [3.8, 4) is 11.5 Å². The predicted octanol–water partition coefficient (Wildman–Crippen LogP) is 4.27. The van der Waals surface area contributed by atoms with Crippen LogP contribution in [0.4, 0.5) is 0 Å². The first-order valence-electron chi connectivity index (χ1n) is 4.94. The summed E-state index contributed by atoms with van der Waals surface area (Å²) in [4.78, 5) is 0. The number of hydrogen-bond donors (Lipinski definition) is 1. The third-order valence-corrected chi connectivity index (χ3v) is 3.37. The van der Waals surface area contributed by atoms with E-state index in [1.165, 1.54) is 0 Å². The molecule has 0 fully saturated rings. The van der Waals surface area contributed by atoms with Gasteiger partial charge in [0.05, 0.1) is 11.1 Å². The lowest BCUT2D eigenvalue weighted by molar-refractivity contribution is 0.330. The molecule has 0 unspecified atom stereocenters. The van der Waals surface area contributed by atoms with Gasteiger partial charge in [0, 0.05) is 0 Å². The first-order valence-corrected chi connectivity index (χ1v) is 6.53. The Kier molecular flexibility index (Phi) is 4.93. The molecule has 0 spiro atoms. The molecule has 0 aromatic heterocycles. The summed E-state index contributed by atoms with van der Waals surface area (Å²) in [6, 6.07) is 1.91. The maximum atomic E-state index is 9.73. The van der Waals surface area contributed by atoms with Gasteiger partial charge in [-0.05, 0) is 56.8 Å². The van der Waals surface area contributed by atoms with Crippen LogP contribution in [0.2, 0.25) is 0 Å². The Morgan fingerprint density at radius 2 is 2.00 bits per heavy atom. The van der Waals surface area contributed by atoms with Crippen molar-refractivity contribution in [3.05, 3.63) is 20.6 Å². The van der Waals surface area contributed by atoms with Crippen molar-refractivity contribution in [2.75, 3.05) is 6.61 Å². The molecule has 0 aliphatic carbocycles. The molecule has 4 heteroatoms. The van der Waals surface area contributed by atoms with Crippen LogP contribution in [0.3, 0.4) is 0 Å². The fourth-order valence-corrected chi connectivity index (χ4v) is 2.72. The van der Waals surface area contributed by atoms with Gasteiger partial charge in [-0.25, -0.2) is 0 Å². The Labute approximate surface area is 107 Å². The maximum absolute atomic E-state index is 9.73. The Bertz CT molecular complexity index is 351. The van der Waals surface area contributed by atoms with Gasteiger partial charge in [0.1, 0.15) is 16.0 Å². The van der Waals surface area contributed by atoms with Gasteiger partial charge in [-0.15, -0.1) is 0 Å². The molecule has 15 heavy (non-hydrogen) atoms. The van der Waals surface area contributed by atoms with E-state index >= 15 is 0 Å². The van der Waals surface area contributed by atoms with Crippen molar-refractivity contribution in [1.82, 2.24) is 0 Å². The summed E-state index contributed by atoms with van der Waals surface area (Å²) in [5.74, 6) is 0.943. The Morgan fingerprint density at radius 3 is 2.53 bits per heavy atom. The second kappa shape index (κ2) is 5.75. The molecule has 1 aromatic carbocycles. The van der Waals surface area contributed by atoms with E-state index in [2.05, 4.69) is 38.8 Å². The number of benzene rings is 1. The van der Waals surface area contributed by atoms with E-state index in [9.17, 15) is 5.11 Å². The van der Waals surface area contributed by atoms with Crippen LogP contribution in [0.5, 0.6) is 11.5 Å². The van der Waals surface area contributed by atoms with Crippen molar-refractivity contribution in [3.63, 3.8) is 0 Å². The van der Waals surface area contributed by atoms with Gasteiger partial charge in [-0.1, -0.05) is 13.3 Å². The topological polar surface area (TPSA) is 29.5 Å². The number of rotatable bonds is 4. The van der Waals surface area contributed by atoms with E-state index < -0.39 is 0 Å². The maximum Gasteiger partial charge on any atom is 0.147 e. The third-order valence-electron chi connectivity index (χ3n) is 2.03. The molecule has 84 valence electrons.